The van der Waals surface area contributed by atoms with Crippen molar-refractivity contribution < 1.29 is 0 Å². The number of anilines is 2. The molecule has 0 bridgehead atoms. The summed E-state index contributed by atoms with van der Waals surface area (Å²) < 4.78 is 0. The van der Waals surface area contributed by atoms with Gasteiger partial charge in [0, 0.05) is 49.5 Å². The number of hydrogen-bond donors (Lipinski definition) is 3. The van der Waals surface area contributed by atoms with Gasteiger partial charge in [-0.3, -0.25) is 10.1 Å². The van der Waals surface area contributed by atoms with Crippen molar-refractivity contribution in [2.45, 2.75) is 25.3 Å². The molecule has 0 radical (unpaired) electrons. The first kappa shape index (κ1) is 20.3. The first-order chi connectivity index (χ1) is 17.2. The molecule has 2 fully saturated rings. The molecule has 0 saturated carbocycles. The number of rotatable bonds is 4. The Kier molecular flexibility index (Phi) is 4.66. The Labute approximate surface area is 201 Å². The van der Waals surface area contributed by atoms with E-state index in [-0.39, 0.29) is 6.04 Å². The molecule has 2 aliphatic heterocycles. The highest BCUT2D eigenvalue weighted by atomic mass is 15.3. The Balaban J connectivity index is 1.28. The molecule has 176 valence electrons. The molecular weight excluding hydrogens is 440 g/mol. The van der Waals surface area contributed by atoms with Crippen LogP contribution in [-0.2, 0) is 0 Å². The zero-order valence-electron chi connectivity index (χ0n) is 19.3. The minimum atomic E-state index is 0.199. The monoisotopic (exact) mass is 466 g/mol. The molecule has 0 unspecified atom stereocenters. The molecule has 0 aromatic carbocycles. The smallest absolute Gasteiger partial charge is 0.147 e. The molecule has 0 spiro atoms. The molecule has 2 aliphatic rings. The summed E-state index contributed by atoms with van der Waals surface area (Å²) in [5.74, 6) is 0.824. The van der Waals surface area contributed by atoms with Gasteiger partial charge in [0.1, 0.15) is 28.4 Å². The van der Waals surface area contributed by atoms with Crippen molar-refractivity contribution in [1.82, 2.24) is 35.1 Å². The lowest BCUT2D eigenvalue weighted by Crippen LogP contribution is -2.56. The maximum absolute atomic E-state index is 5.93. The summed E-state index contributed by atoms with van der Waals surface area (Å²) in [7, 11) is 0. The average Bonchev–Trinajstić information content (AvgIpc) is 3.51. The van der Waals surface area contributed by atoms with Crippen LogP contribution in [0.1, 0.15) is 19.3 Å². The SMILES string of the molecule is NC1CN(c2cncc(-c3ccc4[nH]nc(-c5cc6c(N7CCCCC7)ccnc6[nH]5)c4n3)n2)C1. The maximum Gasteiger partial charge on any atom is 0.147 e. The number of aromatic amines is 2. The summed E-state index contributed by atoms with van der Waals surface area (Å²) in [6.45, 7) is 3.76. The average molecular weight is 467 g/mol. The fourth-order valence-corrected chi connectivity index (χ4v) is 5.11. The van der Waals surface area contributed by atoms with E-state index in [0.29, 0.717) is 0 Å². The number of aromatic nitrogens is 7. The van der Waals surface area contributed by atoms with Crippen LogP contribution in [0.3, 0.4) is 0 Å². The standard InChI is InChI=1S/C25H26N10/c26-15-13-35(14-15)22-12-27-11-20(29-22)17-4-5-18-23(30-17)24(33-32-18)19-10-16-21(6-7-28-25(16)31-19)34-8-2-1-3-9-34/h4-7,10-12,15H,1-3,8-9,13-14,26H2,(H,28,31)(H,32,33). The van der Waals surface area contributed by atoms with Crippen LogP contribution < -0.4 is 15.5 Å². The highest BCUT2D eigenvalue weighted by Gasteiger charge is 2.25. The lowest BCUT2D eigenvalue weighted by atomic mass is 10.1. The summed E-state index contributed by atoms with van der Waals surface area (Å²) in [6, 6.07) is 8.39. The minimum Gasteiger partial charge on any atom is -0.371 e. The van der Waals surface area contributed by atoms with Gasteiger partial charge in [-0.1, -0.05) is 0 Å². The molecule has 5 aromatic heterocycles. The van der Waals surface area contributed by atoms with Crippen LogP contribution in [0.15, 0.2) is 42.9 Å². The zero-order valence-corrected chi connectivity index (χ0v) is 19.3. The lowest BCUT2D eigenvalue weighted by Gasteiger charge is -2.37. The van der Waals surface area contributed by atoms with Gasteiger partial charge in [-0.2, -0.15) is 5.10 Å². The molecule has 10 nitrogen and oxygen atoms in total. The summed E-state index contributed by atoms with van der Waals surface area (Å²) >= 11 is 0. The van der Waals surface area contributed by atoms with Crippen LogP contribution in [0.2, 0.25) is 0 Å². The largest absolute Gasteiger partial charge is 0.371 e. The number of piperidine rings is 1. The molecular formula is C25H26N10. The van der Waals surface area contributed by atoms with Crippen molar-refractivity contribution in [3.05, 3.63) is 42.9 Å². The van der Waals surface area contributed by atoms with Crippen LogP contribution in [0.4, 0.5) is 11.5 Å². The Hall–Kier alpha value is -4.05. The molecule has 0 amide bonds. The minimum absolute atomic E-state index is 0.199. The lowest BCUT2D eigenvalue weighted by molar-refractivity contribution is 0.514. The topological polar surface area (TPSA) is 129 Å². The van der Waals surface area contributed by atoms with E-state index in [0.717, 1.165) is 76.8 Å². The third-order valence-electron chi connectivity index (χ3n) is 6.99. The Bertz CT molecular complexity index is 1520. The second kappa shape index (κ2) is 8.02. The van der Waals surface area contributed by atoms with Crippen molar-refractivity contribution in [3.63, 3.8) is 0 Å². The first-order valence-corrected chi connectivity index (χ1v) is 12.1. The van der Waals surface area contributed by atoms with Crippen molar-refractivity contribution >= 4 is 33.6 Å². The first-order valence-electron chi connectivity index (χ1n) is 12.1. The molecule has 0 atom stereocenters. The quantitative estimate of drug-likeness (QED) is 0.369. The second-order valence-corrected chi connectivity index (χ2v) is 9.42. The number of hydrogen-bond acceptors (Lipinski definition) is 8. The molecule has 2 saturated heterocycles. The number of nitrogens with two attached hydrogens (primary N) is 1. The number of H-pyrrole nitrogens is 2. The van der Waals surface area contributed by atoms with Crippen molar-refractivity contribution in [2.24, 2.45) is 5.73 Å². The van der Waals surface area contributed by atoms with E-state index in [2.05, 4.69) is 47.1 Å². The van der Waals surface area contributed by atoms with Crippen LogP contribution in [-0.4, -0.2) is 67.3 Å². The Morgan fingerprint density at radius 2 is 1.83 bits per heavy atom. The van der Waals surface area contributed by atoms with E-state index < -0.39 is 0 Å². The normalized spacial score (nSPS) is 16.8. The van der Waals surface area contributed by atoms with Gasteiger partial charge in [-0.15, -0.1) is 0 Å². The van der Waals surface area contributed by atoms with Gasteiger partial charge in [-0.05, 0) is 43.5 Å². The number of pyridine rings is 2. The highest BCUT2D eigenvalue weighted by molar-refractivity contribution is 5.97. The van der Waals surface area contributed by atoms with E-state index in [1.54, 1.807) is 12.4 Å². The second-order valence-electron chi connectivity index (χ2n) is 9.42. The van der Waals surface area contributed by atoms with Gasteiger partial charge in [-0.25, -0.2) is 15.0 Å². The highest BCUT2D eigenvalue weighted by Crippen LogP contribution is 2.33. The molecule has 4 N–H and O–H groups in total. The van der Waals surface area contributed by atoms with Gasteiger partial charge < -0.3 is 20.5 Å². The van der Waals surface area contributed by atoms with E-state index in [1.807, 2.05) is 18.3 Å². The number of nitrogens with one attached hydrogen (secondary N) is 2. The van der Waals surface area contributed by atoms with Crippen molar-refractivity contribution in [3.8, 4) is 22.8 Å². The summed E-state index contributed by atoms with van der Waals surface area (Å²) in [5.41, 5.74) is 12.8. The predicted octanol–water partition coefficient (Wildman–Crippen LogP) is 3.10. The zero-order chi connectivity index (χ0) is 23.4. The van der Waals surface area contributed by atoms with Gasteiger partial charge >= 0.3 is 0 Å². The molecule has 7 heterocycles. The van der Waals surface area contributed by atoms with Crippen LogP contribution >= 0.6 is 0 Å². The van der Waals surface area contributed by atoms with Gasteiger partial charge in [0.05, 0.1) is 29.3 Å². The van der Waals surface area contributed by atoms with Crippen LogP contribution in [0.25, 0.3) is 44.8 Å². The van der Waals surface area contributed by atoms with Crippen LogP contribution in [0.5, 0.6) is 0 Å². The van der Waals surface area contributed by atoms with Gasteiger partial charge in [0.15, 0.2) is 0 Å². The number of nitrogens with zero attached hydrogens (tertiary/aromatic N) is 7. The Morgan fingerprint density at radius 1 is 0.943 bits per heavy atom. The van der Waals surface area contributed by atoms with Crippen LogP contribution in [0, 0.1) is 0 Å². The predicted molar refractivity (Wildman–Crippen MR) is 136 cm³/mol. The third kappa shape index (κ3) is 3.48. The Morgan fingerprint density at radius 3 is 2.69 bits per heavy atom. The van der Waals surface area contributed by atoms with E-state index in [9.17, 15) is 0 Å². The fraction of sp³-hybridized carbons (Fsp3) is 0.320. The molecule has 10 heteroatoms. The van der Waals surface area contributed by atoms with E-state index in [4.69, 9.17) is 15.7 Å². The van der Waals surface area contributed by atoms with E-state index >= 15 is 0 Å². The summed E-state index contributed by atoms with van der Waals surface area (Å²) in [4.78, 5) is 26.7. The summed E-state index contributed by atoms with van der Waals surface area (Å²) in [6.07, 6.45) is 9.15. The van der Waals surface area contributed by atoms with Crippen molar-refractivity contribution in [1.29, 1.82) is 0 Å². The van der Waals surface area contributed by atoms with Gasteiger partial charge in [0.2, 0.25) is 0 Å². The fourth-order valence-electron chi connectivity index (χ4n) is 5.11. The molecule has 35 heavy (non-hydrogen) atoms. The molecule has 0 aliphatic carbocycles. The third-order valence-corrected chi connectivity index (χ3v) is 6.99. The molecule has 7 rings (SSSR count). The number of fused-ring (bicyclic) bond motifs is 2. The van der Waals surface area contributed by atoms with E-state index in [1.165, 1.54) is 24.9 Å². The maximum atomic E-state index is 5.93. The summed E-state index contributed by atoms with van der Waals surface area (Å²) in [5, 5.41) is 8.83. The van der Waals surface area contributed by atoms with Crippen molar-refractivity contribution in [2.75, 3.05) is 36.0 Å². The van der Waals surface area contributed by atoms with Gasteiger partial charge in [0.25, 0.3) is 0 Å². The molecule has 5 aromatic rings.